The van der Waals surface area contributed by atoms with Crippen LogP contribution in [0.1, 0.15) is 31.9 Å². The van der Waals surface area contributed by atoms with Crippen LogP contribution in [-0.4, -0.2) is 31.3 Å². The molecule has 6 nitrogen and oxygen atoms in total. The highest BCUT2D eigenvalue weighted by molar-refractivity contribution is 7.71. The van der Waals surface area contributed by atoms with Gasteiger partial charge in [-0.2, -0.15) is 14.9 Å². The standard InChI is InChI=1S/C19H20N4O2S/c1-19(2,3)14-7-4-12(5-8-14)17-21-22-18(26)23(17)20-11-13-6-9-15(24)10-16(13)25/h4-11,24-25H,1-3H3,(H,22,26). The van der Waals surface area contributed by atoms with E-state index in [1.54, 1.807) is 6.07 Å². The Morgan fingerprint density at radius 3 is 2.42 bits per heavy atom. The second kappa shape index (κ2) is 6.76. The number of phenolic OH excluding ortho intramolecular Hbond substituents is 2. The lowest BCUT2D eigenvalue weighted by Crippen LogP contribution is -2.10. The summed E-state index contributed by atoms with van der Waals surface area (Å²) in [5.41, 5.74) is 2.62. The number of H-pyrrole nitrogens is 1. The summed E-state index contributed by atoms with van der Waals surface area (Å²) in [6.45, 7) is 6.48. The Kier molecular flexibility index (Phi) is 4.65. The lowest BCUT2D eigenvalue weighted by atomic mass is 9.87. The number of aromatic amines is 1. The molecule has 26 heavy (non-hydrogen) atoms. The SMILES string of the molecule is CC(C)(C)c1ccc(-c2n[nH]c(=S)n2N=Cc2ccc(O)cc2O)cc1. The van der Waals surface area contributed by atoms with Gasteiger partial charge in [0.2, 0.25) is 4.77 Å². The number of benzene rings is 2. The highest BCUT2D eigenvalue weighted by Gasteiger charge is 2.14. The van der Waals surface area contributed by atoms with Crippen molar-refractivity contribution in [2.45, 2.75) is 26.2 Å². The monoisotopic (exact) mass is 368 g/mol. The number of phenols is 2. The number of rotatable bonds is 3. The number of nitrogens with zero attached hydrogens (tertiary/aromatic N) is 3. The molecule has 0 saturated heterocycles. The van der Waals surface area contributed by atoms with Crippen LogP contribution < -0.4 is 0 Å². The maximum absolute atomic E-state index is 9.87. The molecule has 1 heterocycles. The van der Waals surface area contributed by atoms with E-state index in [1.165, 1.54) is 28.6 Å². The van der Waals surface area contributed by atoms with Crippen LogP contribution in [0.2, 0.25) is 0 Å². The van der Waals surface area contributed by atoms with Crippen molar-refractivity contribution in [3.63, 3.8) is 0 Å². The van der Waals surface area contributed by atoms with Crippen LogP contribution in [0.15, 0.2) is 47.6 Å². The first kappa shape index (κ1) is 17.9. The highest BCUT2D eigenvalue weighted by Crippen LogP contribution is 2.26. The topological polar surface area (TPSA) is 86.4 Å². The van der Waals surface area contributed by atoms with Gasteiger partial charge in [-0.25, -0.2) is 5.10 Å². The molecule has 0 atom stereocenters. The molecule has 0 aliphatic carbocycles. The lowest BCUT2D eigenvalue weighted by molar-refractivity contribution is 0.450. The molecular weight excluding hydrogens is 348 g/mol. The highest BCUT2D eigenvalue weighted by atomic mass is 32.1. The third kappa shape index (κ3) is 3.67. The largest absolute Gasteiger partial charge is 0.508 e. The number of aromatic hydroxyl groups is 2. The van der Waals surface area contributed by atoms with Gasteiger partial charge in [-0.15, -0.1) is 0 Å². The molecule has 0 bridgehead atoms. The molecule has 2 aromatic carbocycles. The summed E-state index contributed by atoms with van der Waals surface area (Å²) in [6, 6.07) is 12.4. The van der Waals surface area contributed by atoms with Crippen molar-refractivity contribution in [1.29, 1.82) is 0 Å². The third-order valence-electron chi connectivity index (χ3n) is 3.99. The summed E-state index contributed by atoms with van der Waals surface area (Å²) < 4.78 is 1.84. The van der Waals surface area contributed by atoms with E-state index >= 15 is 0 Å². The average molecular weight is 368 g/mol. The molecule has 0 radical (unpaired) electrons. The number of hydrogen-bond donors (Lipinski definition) is 3. The van der Waals surface area contributed by atoms with Crippen LogP contribution in [0.3, 0.4) is 0 Å². The van der Waals surface area contributed by atoms with Gasteiger partial charge >= 0.3 is 0 Å². The van der Waals surface area contributed by atoms with Crippen molar-refractivity contribution >= 4 is 18.4 Å². The van der Waals surface area contributed by atoms with Crippen molar-refractivity contribution < 1.29 is 10.2 Å². The van der Waals surface area contributed by atoms with E-state index in [1.807, 2.05) is 12.1 Å². The molecule has 0 aliphatic heterocycles. The minimum absolute atomic E-state index is 0.0146. The average Bonchev–Trinajstić information content (AvgIpc) is 2.94. The number of aromatic nitrogens is 3. The van der Waals surface area contributed by atoms with E-state index < -0.39 is 0 Å². The minimum atomic E-state index is -0.0696. The van der Waals surface area contributed by atoms with Crippen LogP contribution in [0.4, 0.5) is 0 Å². The molecule has 7 heteroatoms. The van der Waals surface area contributed by atoms with Gasteiger partial charge in [0.1, 0.15) is 11.5 Å². The summed E-state index contributed by atoms with van der Waals surface area (Å²) >= 11 is 5.26. The summed E-state index contributed by atoms with van der Waals surface area (Å²) in [5.74, 6) is 0.490. The van der Waals surface area contributed by atoms with Gasteiger partial charge in [0.05, 0.1) is 6.21 Å². The fourth-order valence-electron chi connectivity index (χ4n) is 2.47. The molecule has 3 rings (SSSR count). The van der Waals surface area contributed by atoms with E-state index in [2.05, 4.69) is 48.2 Å². The first-order valence-electron chi connectivity index (χ1n) is 8.10. The van der Waals surface area contributed by atoms with E-state index in [9.17, 15) is 10.2 Å². The van der Waals surface area contributed by atoms with Crippen molar-refractivity contribution in [2.75, 3.05) is 0 Å². The molecule has 3 aromatic rings. The fourth-order valence-corrected chi connectivity index (χ4v) is 2.65. The summed E-state index contributed by atoms with van der Waals surface area (Å²) in [5, 5.41) is 30.6. The molecule has 0 saturated carbocycles. The zero-order valence-corrected chi connectivity index (χ0v) is 15.6. The maximum atomic E-state index is 9.87. The Morgan fingerprint density at radius 2 is 1.81 bits per heavy atom. The van der Waals surface area contributed by atoms with Crippen LogP contribution in [0, 0.1) is 4.77 Å². The Morgan fingerprint density at radius 1 is 1.12 bits per heavy atom. The van der Waals surface area contributed by atoms with Crippen molar-refractivity contribution in [3.05, 3.63) is 58.4 Å². The quantitative estimate of drug-likeness (QED) is 0.478. The van der Waals surface area contributed by atoms with Crippen LogP contribution in [0.5, 0.6) is 11.5 Å². The second-order valence-corrected chi connectivity index (χ2v) is 7.37. The van der Waals surface area contributed by atoms with Gasteiger partial charge in [0, 0.05) is 17.2 Å². The van der Waals surface area contributed by atoms with Gasteiger partial charge in [-0.05, 0) is 35.3 Å². The molecule has 0 fully saturated rings. The summed E-state index contributed by atoms with van der Waals surface area (Å²) in [7, 11) is 0. The Hall–Kier alpha value is -2.93. The zero-order chi connectivity index (χ0) is 18.9. The predicted octanol–water partition coefficient (Wildman–Crippen LogP) is 4.20. The summed E-state index contributed by atoms with van der Waals surface area (Å²) in [6.07, 6.45) is 1.47. The first-order chi connectivity index (χ1) is 12.3. The van der Waals surface area contributed by atoms with Crippen LogP contribution in [-0.2, 0) is 5.41 Å². The zero-order valence-electron chi connectivity index (χ0n) is 14.8. The number of hydrogen-bond acceptors (Lipinski definition) is 5. The third-order valence-corrected chi connectivity index (χ3v) is 4.25. The molecule has 0 aliphatic rings. The molecule has 0 unspecified atom stereocenters. The van der Waals surface area contributed by atoms with E-state index in [-0.39, 0.29) is 16.9 Å². The van der Waals surface area contributed by atoms with Gasteiger partial charge in [-0.3, -0.25) is 0 Å². The van der Waals surface area contributed by atoms with E-state index in [4.69, 9.17) is 12.2 Å². The molecular formula is C19H20N4O2S. The van der Waals surface area contributed by atoms with Gasteiger partial charge < -0.3 is 10.2 Å². The Bertz CT molecular complexity index is 1010. The van der Waals surface area contributed by atoms with Crippen LogP contribution in [0.25, 0.3) is 11.4 Å². The first-order valence-corrected chi connectivity index (χ1v) is 8.51. The van der Waals surface area contributed by atoms with Crippen molar-refractivity contribution in [1.82, 2.24) is 14.9 Å². The molecule has 0 amide bonds. The normalized spacial score (nSPS) is 12.0. The lowest BCUT2D eigenvalue weighted by Gasteiger charge is -2.18. The Balaban J connectivity index is 1.97. The maximum Gasteiger partial charge on any atom is 0.216 e. The Labute approximate surface area is 156 Å². The molecule has 3 N–H and O–H groups in total. The second-order valence-electron chi connectivity index (χ2n) is 6.98. The summed E-state index contributed by atoms with van der Waals surface area (Å²) in [4.78, 5) is 0. The van der Waals surface area contributed by atoms with Gasteiger partial charge in [-0.1, -0.05) is 45.0 Å². The smallest absolute Gasteiger partial charge is 0.216 e. The fraction of sp³-hybridized carbons (Fsp3) is 0.211. The van der Waals surface area contributed by atoms with Crippen molar-refractivity contribution in [3.8, 4) is 22.9 Å². The minimum Gasteiger partial charge on any atom is -0.508 e. The van der Waals surface area contributed by atoms with Crippen LogP contribution >= 0.6 is 12.2 Å². The predicted molar refractivity (Wildman–Crippen MR) is 104 cm³/mol. The number of nitrogens with one attached hydrogen (secondary N) is 1. The molecule has 0 spiro atoms. The van der Waals surface area contributed by atoms with E-state index in [0.717, 1.165) is 5.56 Å². The molecule has 134 valence electrons. The van der Waals surface area contributed by atoms with E-state index in [0.29, 0.717) is 16.2 Å². The van der Waals surface area contributed by atoms with Gasteiger partial charge in [0.25, 0.3) is 0 Å². The van der Waals surface area contributed by atoms with Crippen molar-refractivity contribution in [2.24, 2.45) is 5.10 Å². The molecule has 1 aromatic heterocycles. The van der Waals surface area contributed by atoms with Gasteiger partial charge in [0.15, 0.2) is 5.82 Å².